The molecule has 4 heteroatoms. The van der Waals surface area contributed by atoms with E-state index >= 15 is 0 Å². The highest BCUT2D eigenvalue weighted by Gasteiger charge is 2.06. The Morgan fingerprint density at radius 2 is 2.31 bits per heavy atom. The van der Waals surface area contributed by atoms with Gasteiger partial charge in [-0.1, -0.05) is 0 Å². The normalized spacial score (nSPS) is 13.2. The Bertz CT molecular complexity index is 180. The standard InChI is InChI=1S/C9H17NO3/c1-4-10(6-5-9(11)12)8(2)7-13-3/h5-6,8H,4,7H2,1-3H3,(H,11,12). The molecular formula is C9H17NO3. The summed E-state index contributed by atoms with van der Waals surface area (Å²) in [6.45, 7) is 5.32. The number of aliphatic carboxylic acids is 1. The van der Waals surface area contributed by atoms with Crippen LogP contribution in [0.2, 0.25) is 0 Å². The Morgan fingerprint density at radius 3 is 2.69 bits per heavy atom. The first-order valence-corrected chi connectivity index (χ1v) is 4.27. The van der Waals surface area contributed by atoms with Gasteiger partial charge in [-0.05, 0) is 13.8 Å². The SMILES string of the molecule is CCN(C=CC(=O)O)C(C)COC. The van der Waals surface area contributed by atoms with Crippen molar-refractivity contribution in [3.63, 3.8) is 0 Å². The molecule has 0 aliphatic heterocycles. The molecule has 13 heavy (non-hydrogen) atoms. The van der Waals surface area contributed by atoms with Crippen LogP contribution in [0.15, 0.2) is 12.3 Å². The third-order valence-electron chi connectivity index (χ3n) is 1.75. The molecule has 1 N–H and O–H groups in total. The Kier molecular flexibility index (Phi) is 5.97. The van der Waals surface area contributed by atoms with Crippen LogP contribution in [0, 0.1) is 0 Å². The van der Waals surface area contributed by atoms with Crippen LogP contribution in [0.1, 0.15) is 13.8 Å². The van der Waals surface area contributed by atoms with Crippen molar-refractivity contribution in [1.82, 2.24) is 4.90 Å². The van der Waals surface area contributed by atoms with Crippen LogP contribution in [-0.2, 0) is 9.53 Å². The maximum Gasteiger partial charge on any atom is 0.329 e. The van der Waals surface area contributed by atoms with Gasteiger partial charge in [0.2, 0.25) is 0 Å². The number of rotatable bonds is 6. The highest BCUT2D eigenvalue weighted by atomic mass is 16.5. The van der Waals surface area contributed by atoms with Gasteiger partial charge in [0.25, 0.3) is 0 Å². The highest BCUT2D eigenvalue weighted by molar-refractivity contribution is 5.79. The Labute approximate surface area is 78.8 Å². The minimum absolute atomic E-state index is 0.200. The van der Waals surface area contributed by atoms with Crippen LogP contribution >= 0.6 is 0 Å². The molecule has 76 valence electrons. The lowest BCUT2D eigenvalue weighted by atomic mass is 10.3. The average Bonchev–Trinajstić information content (AvgIpc) is 2.05. The number of hydrogen-bond donors (Lipinski definition) is 1. The zero-order valence-corrected chi connectivity index (χ0v) is 8.36. The van der Waals surface area contributed by atoms with Gasteiger partial charge in [0.15, 0.2) is 0 Å². The second-order valence-corrected chi connectivity index (χ2v) is 2.79. The maximum absolute atomic E-state index is 10.3. The minimum Gasteiger partial charge on any atom is -0.478 e. The highest BCUT2D eigenvalue weighted by Crippen LogP contribution is 1.99. The summed E-state index contributed by atoms with van der Waals surface area (Å²) in [6, 6.07) is 0.200. The van der Waals surface area contributed by atoms with Crippen molar-refractivity contribution in [2.45, 2.75) is 19.9 Å². The number of ether oxygens (including phenoxy) is 1. The predicted molar refractivity (Wildman–Crippen MR) is 50.5 cm³/mol. The molecule has 0 heterocycles. The van der Waals surface area contributed by atoms with E-state index in [1.165, 1.54) is 0 Å². The minimum atomic E-state index is -0.928. The summed E-state index contributed by atoms with van der Waals surface area (Å²) >= 11 is 0. The summed E-state index contributed by atoms with van der Waals surface area (Å²) < 4.78 is 4.97. The molecular weight excluding hydrogens is 170 g/mol. The van der Waals surface area contributed by atoms with Gasteiger partial charge in [-0.25, -0.2) is 4.79 Å². The summed E-state index contributed by atoms with van der Waals surface area (Å²) in [5, 5.41) is 8.42. The fraction of sp³-hybridized carbons (Fsp3) is 0.667. The van der Waals surface area contributed by atoms with Crippen LogP contribution in [-0.4, -0.2) is 42.3 Å². The summed E-state index contributed by atoms with van der Waals surface area (Å²) in [4.78, 5) is 12.2. The van der Waals surface area contributed by atoms with Crippen LogP contribution < -0.4 is 0 Å². The quantitative estimate of drug-likeness (QED) is 0.629. The maximum atomic E-state index is 10.3. The topological polar surface area (TPSA) is 49.8 Å². The van der Waals surface area contributed by atoms with Gasteiger partial charge < -0.3 is 14.7 Å². The molecule has 0 fully saturated rings. The van der Waals surface area contributed by atoms with Crippen molar-refractivity contribution in [3.8, 4) is 0 Å². The van der Waals surface area contributed by atoms with Crippen LogP contribution in [0.3, 0.4) is 0 Å². The largest absolute Gasteiger partial charge is 0.478 e. The zero-order valence-electron chi connectivity index (χ0n) is 8.36. The van der Waals surface area contributed by atoms with Crippen LogP contribution in [0.25, 0.3) is 0 Å². The molecule has 0 aromatic carbocycles. The molecule has 0 spiro atoms. The Morgan fingerprint density at radius 1 is 1.69 bits per heavy atom. The molecule has 0 aliphatic rings. The van der Waals surface area contributed by atoms with Crippen LogP contribution in [0.5, 0.6) is 0 Å². The van der Waals surface area contributed by atoms with Crippen molar-refractivity contribution in [1.29, 1.82) is 0 Å². The van der Waals surface area contributed by atoms with E-state index in [1.807, 2.05) is 18.7 Å². The molecule has 1 atom stereocenters. The van der Waals surface area contributed by atoms with E-state index in [2.05, 4.69) is 0 Å². The molecule has 4 nitrogen and oxygen atoms in total. The van der Waals surface area contributed by atoms with E-state index in [-0.39, 0.29) is 6.04 Å². The van der Waals surface area contributed by atoms with Crippen molar-refractivity contribution in [2.24, 2.45) is 0 Å². The van der Waals surface area contributed by atoms with Gasteiger partial charge in [-0.3, -0.25) is 0 Å². The number of carbonyl (C=O) groups is 1. The Hall–Kier alpha value is -1.03. The summed E-state index contributed by atoms with van der Waals surface area (Å²) in [7, 11) is 1.63. The lowest BCUT2D eigenvalue weighted by Crippen LogP contribution is -2.31. The van der Waals surface area contributed by atoms with Gasteiger partial charge in [-0.2, -0.15) is 0 Å². The zero-order chi connectivity index (χ0) is 10.3. The number of hydrogen-bond acceptors (Lipinski definition) is 3. The van der Waals surface area contributed by atoms with Gasteiger partial charge >= 0.3 is 5.97 Å². The molecule has 0 aliphatic carbocycles. The number of methoxy groups -OCH3 is 1. The summed E-state index contributed by atoms with van der Waals surface area (Å²) in [6.07, 6.45) is 2.71. The lowest BCUT2D eigenvalue weighted by molar-refractivity contribution is -0.131. The second kappa shape index (κ2) is 6.48. The van der Waals surface area contributed by atoms with Crippen molar-refractivity contribution < 1.29 is 14.6 Å². The van der Waals surface area contributed by atoms with E-state index in [4.69, 9.17) is 9.84 Å². The van der Waals surface area contributed by atoms with Crippen LogP contribution in [0.4, 0.5) is 0 Å². The van der Waals surface area contributed by atoms with Crippen molar-refractivity contribution in [2.75, 3.05) is 20.3 Å². The second-order valence-electron chi connectivity index (χ2n) is 2.79. The predicted octanol–water partition coefficient (Wildman–Crippen LogP) is 0.942. The number of likely N-dealkylation sites (N-methyl/N-ethyl adjacent to an activating group) is 1. The third-order valence-corrected chi connectivity index (χ3v) is 1.75. The number of carboxylic acids is 1. The van der Waals surface area contributed by atoms with E-state index in [0.717, 1.165) is 12.6 Å². The lowest BCUT2D eigenvalue weighted by Gasteiger charge is -2.25. The molecule has 0 aromatic rings. The Balaban J connectivity index is 4.08. The first-order chi connectivity index (χ1) is 6.11. The fourth-order valence-electron chi connectivity index (χ4n) is 1.06. The monoisotopic (exact) mass is 187 g/mol. The number of carboxylic acid groups (broad SMARTS) is 1. The van der Waals surface area contributed by atoms with Gasteiger partial charge in [0.1, 0.15) is 0 Å². The van der Waals surface area contributed by atoms with Gasteiger partial charge in [0, 0.05) is 32.0 Å². The molecule has 0 amide bonds. The molecule has 0 rings (SSSR count). The third kappa shape index (κ3) is 5.25. The van der Waals surface area contributed by atoms with E-state index in [9.17, 15) is 4.79 Å². The molecule has 1 unspecified atom stereocenters. The summed E-state index contributed by atoms with van der Waals surface area (Å²) in [5.74, 6) is -0.928. The first kappa shape index (κ1) is 12.0. The van der Waals surface area contributed by atoms with E-state index in [1.54, 1.807) is 13.3 Å². The first-order valence-electron chi connectivity index (χ1n) is 4.27. The molecule has 0 bridgehead atoms. The fourth-order valence-corrected chi connectivity index (χ4v) is 1.06. The molecule has 0 saturated heterocycles. The summed E-state index contributed by atoms with van der Waals surface area (Å²) in [5.41, 5.74) is 0. The smallest absolute Gasteiger partial charge is 0.329 e. The van der Waals surface area contributed by atoms with Crippen molar-refractivity contribution in [3.05, 3.63) is 12.3 Å². The van der Waals surface area contributed by atoms with Gasteiger partial charge in [-0.15, -0.1) is 0 Å². The van der Waals surface area contributed by atoms with E-state index in [0.29, 0.717) is 6.61 Å². The number of nitrogens with zero attached hydrogens (tertiary/aromatic N) is 1. The van der Waals surface area contributed by atoms with E-state index < -0.39 is 5.97 Å². The average molecular weight is 187 g/mol. The van der Waals surface area contributed by atoms with Crippen molar-refractivity contribution >= 4 is 5.97 Å². The van der Waals surface area contributed by atoms with Gasteiger partial charge in [0.05, 0.1) is 6.61 Å². The molecule has 0 saturated carbocycles. The molecule has 0 aromatic heterocycles. The molecule has 0 radical (unpaired) electrons.